The number of methoxy groups -OCH3 is 2. The number of hydrogen-bond acceptors (Lipinski definition) is 5. The molecule has 2 aromatic rings. The van der Waals surface area contributed by atoms with E-state index in [9.17, 15) is 4.79 Å². The number of furan rings is 1. The Kier molecular flexibility index (Phi) is 3.88. The van der Waals surface area contributed by atoms with Crippen molar-refractivity contribution in [2.24, 2.45) is 0 Å². The Hall–Kier alpha value is -2.54. The molecule has 2 aliphatic heterocycles. The molecule has 0 aliphatic carbocycles. The fraction of sp³-hybridized carbons (Fsp3) is 0.333. The molecule has 2 aliphatic rings. The average Bonchev–Trinajstić information content (AvgIpc) is 3.22. The lowest BCUT2D eigenvalue weighted by atomic mass is 9.94. The highest BCUT2D eigenvalue weighted by Gasteiger charge is 2.45. The van der Waals surface area contributed by atoms with Gasteiger partial charge in [-0.1, -0.05) is 0 Å². The zero-order valence-electron chi connectivity index (χ0n) is 14.0. The minimum absolute atomic E-state index is 0.0156. The third-order valence-electron chi connectivity index (χ3n) is 4.76. The highest BCUT2D eigenvalue weighted by Crippen LogP contribution is 2.37. The zero-order chi connectivity index (χ0) is 17.6. The molecule has 1 aromatic heterocycles. The standard InChI is InChI=1S/C18H18N2O4S/c1-22-15-7-11-6-14-17(21)20(10-13-4-3-5-24-13)18(25)19(14)9-12(11)8-16(15)23-2/h3-5,7-8,14H,6,9-10H2,1-2H3. The molecular formula is C18H18N2O4S. The van der Waals surface area contributed by atoms with Crippen LogP contribution in [0.1, 0.15) is 16.9 Å². The molecule has 0 spiro atoms. The second kappa shape index (κ2) is 6.07. The summed E-state index contributed by atoms with van der Waals surface area (Å²) in [6.07, 6.45) is 2.20. The van der Waals surface area contributed by atoms with Crippen LogP contribution in [0.25, 0.3) is 0 Å². The van der Waals surface area contributed by atoms with Crippen LogP contribution in [0.15, 0.2) is 34.9 Å². The van der Waals surface area contributed by atoms with Crippen molar-refractivity contribution in [3.63, 3.8) is 0 Å². The molecule has 0 bridgehead atoms. The highest BCUT2D eigenvalue weighted by molar-refractivity contribution is 7.80. The number of amides is 1. The first-order chi connectivity index (χ1) is 12.1. The first-order valence-electron chi connectivity index (χ1n) is 8.00. The Morgan fingerprint density at radius 2 is 1.96 bits per heavy atom. The summed E-state index contributed by atoms with van der Waals surface area (Å²) in [7, 11) is 3.23. The van der Waals surface area contributed by atoms with Crippen molar-refractivity contribution in [2.45, 2.75) is 25.6 Å². The van der Waals surface area contributed by atoms with Gasteiger partial charge in [-0.05, 0) is 47.6 Å². The van der Waals surface area contributed by atoms with Gasteiger partial charge < -0.3 is 18.8 Å². The van der Waals surface area contributed by atoms with Gasteiger partial charge in [0.05, 0.1) is 27.0 Å². The minimum Gasteiger partial charge on any atom is -0.493 e. The van der Waals surface area contributed by atoms with Crippen LogP contribution in [-0.2, 0) is 24.3 Å². The number of hydrogen-bond donors (Lipinski definition) is 0. The summed E-state index contributed by atoms with van der Waals surface area (Å²) in [5.74, 6) is 2.09. The third-order valence-corrected chi connectivity index (χ3v) is 5.21. The van der Waals surface area contributed by atoms with Crippen LogP contribution in [-0.4, -0.2) is 41.1 Å². The van der Waals surface area contributed by atoms with Gasteiger partial charge in [0.25, 0.3) is 5.91 Å². The van der Waals surface area contributed by atoms with Gasteiger partial charge in [-0.3, -0.25) is 9.69 Å². The van der Waals surface area contributed by atoms with Crippen molar-refractivity contribution in [3.8, 4) is 11.5 Å². The predicted molar refractivity (Wildman–Crippen MR) is 94.4 cm³/mol. The number of rotatable bonds is 4. The van der Waals surface area contributed by atoms with Gasteiger partial charge in [0.2, 0.25) is 0 Å². The van der Waals surface area contributed by atoms with Crippen LogP contribution >= 0.6 is 12.2 Å². The number of carbonyl (C=O) groups is 1. The first-order valence-corrected chi connectivity index (χ1v) is 8.41. The molecule has 1 unspecified atom stereocenters. The molecule has 4 rings (SSSR count). The smallest absolute Gasteiger partial charge is 0.252 e. The zero-order valence-corrected chi connectivity index (χ0v) is 14.8. The van der Waals surface area contributed by atoms with E-state index >= 15 is 0 Å². The number of benzene rings is 1. The normalized spacial score (nSPS) is 19.0. The number of nitrogens with zero attached hydrogens (tertiary/aromatic N) is 2. The van der Waals surface area contributed by atoms with E-state index in [1.54, 1.807) is 31.4 Å². The third kappa shape index (κ3) is 2.55. The lowest BCUT2D eigenvalue weighted by Crippen LogP contribution is -2.40. The Morgan fingerprint density at radius 3 is 2.60 bits per heavy atom. The number of thiocarbonyl (C=S) groups is 1. The van der Waals surface area contributed by atoms with Crippen LogP contribution in [0.5, 0.6) is 11.5 Å². The first kappa shape index (κ1) is 16.0. The largest absolute Gasteiger partial charge is 0.493 e. The lowest BCUT2D eigenvalue weighted by Gasteiger charge is -2.31. The summed E-state index contributed by atoms with van der Waals surface area (Å²) in [6.45, 7) is 0.945. The average molecular weight is 358 g/mol. The van der Waals surface area contributed by atoms with Crippen LogP contribution in [0.3, 0.4) is 0 Å². The Balaban J connectivity index is 1.64. The van der Waals surface area contributed by atoms with E-state index in [-0.39, 0.29) is 11.9 Å². The van der Waals surface area contributed by atoms with E-state index in [0.717, 1.165) is 16.9 Å². The fourth-order valence-corrected chi connectivity index (χ4v) is 3.81. The summed E-state index contributed by atoms with van der Waals surface area (Å²) < 4.78 is 16.1. The summed E-state index contributed by atoms with van der Waals surface area (Å²) in [4.78, 5) is 16.5. The van der Waals surface area contributed by atoms with Crippen LogP contribution in [0.4, 0.5) is 0 Å². The van der Waals surface area contributed by atoms with E-state index in [1.165, 1.54) is 0 Å². The van der Waals surface area contributed by atoms with Crippen molar-refractivity contribution in [1.82, 2.24) is 9.80 Å². The van der Waals surface area contributed by atoms with Crippen molar-refractivity contribution in [1.29, 1.82) is 0 Å². The molecule has 25 heavy (non-hydrogen) atoms. The SMILES string of the molecule is COc1cc2c(cc1OC)CN1C(=S)N(Cc3ccco3)C(=O)C1C2. The van der Waals surface area contributed by atoms with Crippen molar-refractivity contribution in [2.75, 3.05) is 14.2 Å². The van der Waals surface area contributed by atoms with E-state index in [2.05, 4.69) is 0 Å². The Labute approximate surface area is 150 Å². The fourth-order valence-electron chi connectivity index (χ4n) is 3.47. The van der Waals surface area contributed by atoms with Gasteiger partial charge >= 0.3 is 0 Å². The minimum atomic E-state index is -0.270. The number of ether oxygens (including phenoxy) is 2. The van der Waals surface area contributed by atoms with Crippen molar-refractivity contribution in [3.05, 3.63) is 47.4 Å². The molecule has 0 saturated carbocycles. The van der Waals surface area contributed by atoms with Gasteiger partial charge in [0.1, 0.15) is 11.8 Å². The van der Waals surface area contributed by atoms with Gasteiger partial charge in [-0.2, -0.15) is 0 Å². The maximum atomic E-state index is 12.9. The van der Waals surface area contributed by atoms with Gasteiger partial charge in [0, 0.05) is 13.0 Å². The lowest BCUT2D eigenvalue weighted by molar-refractivity contribution is -0.128. The molecule has 1 fully saturated rings. The molecule has 1 aromatic carbocycles. The monoisotopic (exact) mass is 358 g/mol. The van der Waals surface area contributed by atoms with Crippen LogP contribution < -0.4 is 9.47 Å². The maximum absolute atomic E-state index is 12.9. The van der Waals surface area contributed by atoms with E-state index in [1.807, 2.05) is 23.1 Å². The van der Waals surface area contributed by atoms with Gasteiger partial charge in [0.15, 0.2) is 16.6 Å². The molecule has 0 radical (unpaired) electrons. The summed E-state index contributed by atoms with van der Waals surface area (Å²) in [5, 5.41) is 0.548. The Morgan fingerprint density at radius 1 is 1.24 bits per heavy atom. The maximum Gasteiger partial charge on any atom is 0.252 e. The quantitative estimate of drug-likeness (QED) is 0.782. The number of fused-ring (bicyclic) bond motifs is 2. The molecule has 7 heteroatoms. The summed E-state index contributed by atoms with van der Waals surface area (Å²) in [6, 6.07) is 7.30. The molecule has 1 saturated heterocycles. The topological polar surface area (TPSA) is 55.2 Å². The predicted octanol–water partition coefficient (Wildman–Crippen LogP) is 2.35. The second-order valence-corrected chi connectivity index (χ2v) is 6.48. The van der Waals surface area contributed by atoms with E-state index in [0.29, 0.717) is 36.1 Å². The molecule has 6 nitrogen and oxygen atoms in total. The summed E-state index contributed by atoms with van der Waals surface area (Å²) in [5.41, 5.74) is 2.19. The van der Waals surface area contributed by atoms with Gasteiger partial charge in [-0.15, -0.1) is 0 Å². The molecule has 1 atom stereocenters. The molecule has 0 N–H and O–H groups in total. The van der Waals surface area contributed by atoms with Crippen molar-refractivity contribution < 1.29 is 18.7 Å². The molecule has 130 valence electrons. The molecule has 3 heterocycles. The van der Waals surface area contributed by atoms with Gasteiger partial charge in [-0.25, -0.2) is 0 Å². The molecule has 1 amide bonds. The Bertz CT molecular complexity index is 783. The van der Waals surface area contributed by atoms with Crippen LogP contribution in [0, 0.1) is 0 Å². The van der Waals surface area contributed by atoms with Crippen LogP contribution in [0.2, 0.25) is 0 Å². The molecular weight excluding hydrogens is 340 g/mol. The summed E-state index contributed by atoms with van der Waals surface area (Å²) >= 11 is 5.56. The number of carbonyl (C=O) groups excluding carboxylic acids is 1. The second-order valence-electron chi connectivity index (χ2n) is 6.11. The highest BCUT2D eigenvalue weighted by atomic mass is 32.1. The van der Waals surface area contributed by atoms with Crippen molar-refractivity contribution >= 4 is 23.2 Å². The van der Waals surface area contributed by atoms with E-state index in [4.69, 9.17) is 26.1 Å². The van der Waals surface area contributed by atoms with E-state index < -0.39 is 0 Å².